The first-order valence-corrected chi connectivity index (χ1v) is 6.34. The van der Waals surface area contributed by atoms with Crippen LogP contribution < -0.4 is 5.32 Å². The van der Waals surface area contributed by atoms with E-state index in [1.165, 1.54) is 19.2 Å². The monoisotopic (exact) mass is 275 g/mol. The van der Waals surface area contributed by atoms with Crippen LogP contribution in [0.4, 0.5) is 13.2 Å². The van der Waals surface area contributed by atoms with Gasteiger partial charge in [0.1, 0.15) is 0 Å². The zero-order valence-corrected chi connectivity index (χ0v) is 11.4. The third-order valence-electron chi connectivity index (χ3n) is 3.06. The average molecular weight is 275 g/mol. The predicted molar refractivity (Wildman–Crippen MR) is 68.9 cm³/mol. The molecule has 19 heavy (non-hydrogen) atoms. The summed E-state index contributed by atoms with van der Waals surface area (Å²) in [5.74, 6) is 0. The number of hydrogen-bond acceptors (Lipinski definition) is 2. The van der Waals surface area contributed by atoms with Gasteiger partial charge in [-0.1, -0.05) is 25.1 Å². The highest BCUT2D eigenvalue weighted by Gasteiger charge is 2.36. The lowest BCUT2D eigenvalue weighted by Gasteiger charge is -2.27. The Labute approximate surface area is 112 Å². The molecule has 2 unspecified atom stereocenters. The van der Waals surface area contributed by atoms with Gasteiger partial charge in [-0.15, -0.1) is 0 Å². The Morgan fingerprint density at radius 1 is 1.26 bits per heavy atom. The van der Waals surface area contributed by atoms with Crippen molar-refractivity contribution in [1.29, 1.82) is 0 Å². The molecule has 1 N–H and O–H groups in total. The number of rotatable bonds is 6. The molecule has 0 saturated carbocycles. The summed E-state index contributed by atoms with van der Waals surface area (Å²) < 4.78 is 44.3. The third-order valence-corrected chi connectivity index (χ3v) is 3.06. The van der Waals surface area contributed by atoms with Crippen LogP contribution in [0.5, 0.6) is 0 Å². The number of ether oxygens (including phenoxy) is 1. The van der Waals surface area contributed by atoms with Gasteiger partial charge in [0.2, 0.25) is 0 Å². The van der Waals surface area contributed by atoms with E-state index in [4.69, 9.17) is 4.74 Å². The van der Waals surface area contributed by atoms with Gasteiger partial charge in [-0.05, 0) is 31.5 Å². The fourth-order valence-electron chi connectivity index (χ4n) is 1.99. The van der Waals surface area contributed by atoms with E-state index in [0.717, 1.165) is 12.5 Å². The minimum Gasteiger partial charge on any atom is -0.380 e. The number of alkyl halides is 3. The average Bonchev–Trinajstić information content (AvgIpc) is 2.38. The van der Waals surface area contributed by atoms with Gasteiger partial charge in [0.15, 0.2) is 0 Å². The van der Waals surface area contributed by atoms with Gasteiger partial charge in [0.25, 0.3) is 0 Å². The fourth-order valence-corrected chi connectivity index (χ4v) is 1.99. The van der Waals surface area contributed by atoms with Crippen molar-refractivity contribution >= 4 is 0 Å². The molecule has 1 aromatic rings. The lowest BCUT2D eigenvalue weighted by Crippen LogP contribution is -2.33. The molecule has 0 radical (unpaired) electrons. The Balaban J connectivity index is 3.14. The zero-order valence-electron chi connectivity index (χ0n) is 11.4. The molecule has 0 aliphatic heterocycles. The van der Waals surface area contributed by atoms with Crippen molar-refractivity contribution in [1.82, 2.24) is 5.32 Å². The van der Waals surface area contributed by atoms with Crippen molar-refractivity contribution in [3.63, 3.8) is 0 Å². The van der Waals surface area contributed by atoms with Crippen molar-refractivity contribution < 1.29 is 17.9 Å². The van der Waals surface area contributed by atoms with E-state index in [0.29, 0.717) is 6.54 Å². The van der Waals surface area contributed by atoms with Crippen molar-refractivity contribution in [3.05, 3.63) is 35.4 Å². The summed E-state index contributed by atoms with van der Waals surface area (Å²) in [4.78, 5) is 0. The minimum absolute atomic E-state index is 0.234. The van der Waals surface area contributed by atoms with E-state index in [1.54, 1.807) is 13.0 Å². The molecule has 0 aromatic heterocycles. The smallest absolute Gasteiger partial charge is 0.380 e. The highest BCUT2D eigenvalue weighted by Crippen LogP contribution is 2.35. The van der Waals surface area contributed by atoms with Crippen molar-refractivity contribution in [2.24, 2.45) is 0 Å². The Bertz CT molecular complexity index is 393. The zero-order chi connectivity index (χ0) is 14.5. The summed E-state index contributed by atoms with van der Waals surface area (Å²) in [5.41, 5.74) is -0.370. The van der Waals surface area contributed by atoms with E-state index in [2.05, 4.69) is 5.32 Å². The molecule has 0 aliphatic rings. The Kier molecular flexibility index (Phi) is 5.82. The molecular formula is C14H20F3NO. The topological polar surface area (TPSA) is 21.3 Å². The first-order chi connectivity index (χ1) is 8.91. The van der Waals surface area contributed by atoms with Crippen LogP contribution in [0.2, 0.25) is 0 Å². The molecule has 0 saturated heterocycles. The molecule has 2 nitrogen and oxygen atoms in total. The van der Waals surface area contributed by atoms with Crippen LogP contribution in [0, 0.1) is 0 Å². The number of methoxy groups -OCH3 is 1. The SMILES string of the molecule is CCCNC(c1ccccc1C(F)(F)F)C(C)OC. The quantitative estimate of drug-likeness (QED) is 0.853. The molecule has 0 heterocycles. The van der Waals surface area contributed by atoms with Crippen LogP contribution in [0.15, 0.2) is 24.3 Å². The first-order valence-electron chi connectivity index (χ1n) is 6.34. The summed E-state index contributed by atoms with van der Waals surface area (Å²) >= 11 is 0. The molecular weight excluding hydrogens is 255 g/mol. The summed E-state index contributed by atoms with van der Waals surface area (Å²) in [7, 11) is 1.50. The second-order valence-corrected chi connectivity index (χ2v) is 4.46. The molecule has 0 amide bonds. The first kappa shape index (κ1) is 16.0. The van der Waals surface area contributed by atoms with E-state index in [-0.39, 0.29) is 11.7 Å². The summed E-state index contributed by atoms with van der Waals surface area (Å²) in [6.07, 6.45) is -3.84. The maximum Gasteiger partial charge on any atom is 0.416 e. The van der Waals surface area contributed by atoms with Gasteiger partial charge < -0.3 is 10.1 Å². The Morgan fingerprint density at radius 3 is 2.42 bits per heavy atom. The van der Waals surface area contributed by atoms with Crippen molar-refractivity contribution in [2.75, 3.05) is 13.7 Å². The van der Waals surface area contributed by atoms with E-state index in [9.17, 15) is 13.2 Å². The number of nitrogens with one attached hydrogen (secondary N) is 1. The van der Waals surface area contributed by atoms with Crippen LogP contribution in [-0.2, 0) is 10.9 Å². The van der Waals surface area contributed by atoms with Gasteiger partial charge >= 0.3 is 6.18 Å². The molecule has 1 aromatic carbocycles. The highest BCUT2D eigenvalue weighted by molar-refractivity contribution is 5.33. The van der Waals surface area contributed by atoms with Gasteiger partial charge in [-0.2, -0.15) is 13.2 Å². The van der Waals surface area contributed by atoms with Crippen molar-refractivity contribution in [3.8, 4) is 0 Å². The maximum atomic E-state index is 13.0. The molecule has 0 fully saturated rings. The van der Waals surface area contributed by atoms with E-state index in [1.807, 2.05) is 6.92 Å². The van der Waals surface area contributed by atoms with Crippen LogP contribution in [0.3, 0.4) is 0 Å². The lowest BCUT2D eigenvalue weighted by atomic mass is 9.96. The second-order valence-electron chi connectivity index (χ2n) is 4.46. The molecule has 1 rings (SSSR count). The van der Waals surface area contributed by atoms with E-state index < -0.39 is 17.8 Å². The summed E-state index contributed by atoms with van der Waals surface area (Å²) in [5, 5.41) is 3.12. The molecule has 2 atom stereocenters. The van der Waals surface area contributed by atoms with Gasteiger partial charge in [-0.3, -0.25) is 0 Å². The number of benzene rings is 1. The third kappa shape index (κ3) is 4.21. The molecule has 0 spiro atoms. The Hall–Kier alpha value is -1.07. The van der Waals surface area contributed by atoms with Crippen LogP contribution in [0.25, 0.3) is 0 Å². The predicted octanol–water partition coefficient (Wildman–Crippen LogP) is 3.78. The molecule has 108 valence electrons. The molecule has 0 bridgehead atoms. The largest absolute Gasteiger partial charge is 0.416 e. The second kappa shape index (κ2) is 6.91. The Morgan fingerprint density at radius 2 is 1.89 bits per heavy atom. The van der Waals surface area contributed by atoms with Crippen LogP contribution in [-0.4, -0.2) is 19.8 Å². The molecule has 0 aliphatic carbocycles. The lowest BCUT2D eigenvalue weighted by molar-refractivity contribution is -0.138. The maximum absolute atomic E-state index is 13.0. The van der Waals surface area contributed by atoms with Crippen LogP contribution >= 0.6 is 0 Å². The normalized spacial score (nSPS) is 15.3. The molecule has 5 heteroatoms. The minimum atomic E-state index is -4.35. The van der Waals surface area contributed by atoms with Gasteiger partial charge in [-0.25, -0.2) is 0 Å². The van der Waals surface area contributed by atoms with Gasteiger partial charge in [0, 0.05) is 7.11 Å². The summed E-state index contributed by atoms with van der Waals surface area (Å²) in [6, 6.07) is 5.17. The highest BCUT2D eigenvalue weighted by atomic mass is 19.4. The van der Waals surface area contributed by atoms with Crippen molar-refractivity contribution in [2.45, 2.75) is 38.6 Å². The van der Waals surface area contributed by atoms with Crippen LogP contribution in [0.1, 0.15) is 37.4 Å². The van der Waals surface area contributed by atoms with Gasteiger partial charge in [0.05, 0.1) is 17.7 Å². The summed E-state index contributed by atoms with van der Waals surface area (Å²) in [6.45, 7) is 4.38. The fraction of sp³-hybridized carbons (Fsp3) is 0.571. The van der Waals surface area contributed by atoms with E-state index >= 15 is 0 Å². The number of hydrogen-bond donors (Lipinski definition) is 1. The standard InChI is InChI=1S/C14H20F3NO/c1-4-9-18-13(10(2)19-3)11-7-5-6-8-12(11)14(15,16)17/h5-8,10,13,18H,4,9H2,1-3H3. The number of halogens is 3.